The Labute approximate surface area is 157 Å². The Morgan fingerprint density at radius 3 is 2.58 bits per heavy atom. The van der Waals surface area contributed by atoms with Gasteiger partial charge in [-0.05, 0) is 30.3 Å². The third-order valence-electron chi connectivity index (χ3n) is 3.13. The number of nitrogens with zero attached hydrogens (tertiary/aromatic N) is 1. The van der Waals surface area contributed by atoms with E-state index in [4.69, 9.17) is 32.7 Å². The highest BCUT2D eigenvalue weighted by molar-refractivity contribution is 6.35. The van der Waals surface area contributed by atoms with Crippen LogP contribution in [0.4, 0.5) is 18.9 Å². The van der Waals surface area contributed by atoms with Crippen molar-refractivity contribution >= 4 is 34.8 Å². The zero-order chi connectivity index (χ0) is 19.3. The van der Waals surface area contributed by atoms with Gasteiger partial charge < -0.3 is 14.8 Å². The van der Waals surface area contributed by atoms with Crippen molar-refractivity contribution < 1.29 is 27.4 Å². The van der Waals surface area contributed by atoms with E-state index in [9.17, 15) is 18.0 Å². The maximum atomic E-state index is 13.0. The van der Waals surface area contributed by atoms with Crippen LogP contribution >= 0.6 is 23.2 Å². The first-order valence-electron chi connectivity index (χ1n) is 7.18. The number of rotatable bonds is 6. The third kappa shape index (κ3) is 5.23. The van der Waals surface area contributed by atoms with Gasteiger partial charge in [-0.15, -0.1) is 0 Å². The Hall–Kier alpha value is -2.03. The van der Waals surface area contributed by atoms with Gasteiger partial charge in [0.1, 0.15) is 23.2 Å². The Bertz CT molecular complexity index is 801. The van der Waals surface area contributed by atoms with Crippen LogP contribution in [0.25, 0.3) is 0 Å². The molecule has 0 spiro atoms. The number of halogens is 5. The van der Waals surface area contributed by atoms with Gasteiger partial charge in [-0.25, -0.2) is 4.98 Å². The number of ether oxygens (including phenoxy) is 2. The van der Waals surface area contributed by atoms with Gasteiger partial charge >= 0.3 is 6.18 Å². The number of carbonyl (C=O) groups excluding carboxylic acids is 1. The minimum absolute atomic E-state index is 0.000673. The molecule has 26 heavy (non-hydrogen) atoms. The molecule has 0 saturated carbocycles. The molecule has 1 aromatic heterocycles. The van der Waals surface area contributed by atoms with E-state index in [1.54, 1.807) is 0 Å². The van der Waals surface area contributed by atoms with Gasteiger partial charge in [-0.2, -0.15) is 13.2 Å². The molecular weight excluding hydrogens is 396 g/mol. The van der Waals surface area contributed by atoms with Crippen LogP contribution in [0.5, 0.6) is 5.75 Å². The smallest absolute Gasteiger partial charge is 0.416 e. The van der Waals surface area contributed by atoms with Crippen LogP contribution in [-0.2, 0) is 10.9 Å². The number of pyridine rings is 1. The van der Waals surface area contributed by atoms with Crippen molar-refractivity contribution in [3.05, 3.63) is 51.8 Å². The number of alkyl halides is 3. The molecule has 0 aliphatic rings. The Balaban J connectivity index is 2.34. The van der Waals surface area contributed by atoms with Crippen molar-refractivity contribution in [3.63, 3.8) is 0 Å². The standard InChI is InChI=1S/C16H13Cl2F3N2O3/c1-25-6-7-26-12-4-2-9(16(19,20)21)8-11(12)22-15(24)14-10(17)3-5-13(18)23-14/h2-5,8H,6-7H2,1H3,(H,22,24). The second-order valence-corrected chi connectivity index (χ2v) is 5.76. The molecule has 1 aromatic carbocycles. The number of aromatic nitrogens is 1. The van der Waals surface area contributed by atoms with Crippen LogP contribution in [0.3, 0.4) is 0 Å². The lowest BCUT2D eigenvalue weighted by Gasteiger charge is -2.15. The summed E-state index contributed by atoms with van der Waals surface area (Å²) in [6.07, 6.45) is -4.59. The van der Waals surface area contributed by atoms with E-state index in [-0.39, 0.29) is 40.5 Å². The predicted molar refractivity (Wildman–Crippen MR) is 91.0 cm³/mol. The Kier molecular flexibility index (Phi) is 6.69. The molecule has 0 aliphatic heterocycles. The second-order valence-electron chi connectivity index (χ2n) is 4.97. The summed E-state index contributed by atoms with van der Waals surface area (Å²) >= 11 is 11.6. The highest BCUT2D eigenvalue weighted by Crippen LogP contribution is 2.35. The first kappa shape index (κ1) is 20.3. The molecule has 0 fully saturated rings. The van der Waals surface area contributed by atoms with Gasteiger partial charge in [0.05, 0.1) is 22.9 Å². The van der Waals surface area contributed by atoms with E-state index in [2.05, 4.69) is 10.3 Å². The molecule has 0 atom stereocenters. The van der Waals surface area contributed by atoms with E-state index in [1.165, 1.54) is 19.2 Å². The number of benzene rings is 1. The molecule has 0 radical (unpaired) electrons. The first-order chi connectivity index (χ1) is 12.2. The van der Waals surface area contributed by atoms with Gasteiger partial charge in [0, 0.05) is 7.11 Å². The minimum Gasteiger partial charge on any atom is -0.489 e. The molecule has 140 valence electrons. The molecule has 1 heterocycles. The van der Waals surface area contributed by atoms with Crippen LogP contribution < -0.4 is 10.1 Å². The predicted octanol–water partition coefficient (Wildman–Crippen LogP) is 4.68. The number of amides is 1. The molecule has 2 rings (SSSR count). The second kappa shape index (κ2) is 8.57. The molecule has 0 aliphatic carbocycles. The fraction of sp³-hybridized carbons (Fsp3) is 0.250. The lowest BCUT2D eigenvalue weighted by atomic mass is 10.1. The summed E-state index contributed by atoms with van der Waals surface area (Å²) in [6.45, 7) is 0.303. The molecule has 5 nitrogen and oxygen atoms in total. The van der Waals surface area contributed by atoms with Gasteiger partial charge in [0.2, 0.25) is 0 Å². The number of nitrogens with one attached hydrogen (secondary N) is 1. The summed E-state index contributed by atoms with van der Waals surface area (Å²) < 4.78 is 49.1. The largest absolute Gasteiger partial charge is 0.489 e. The van der Waals surface area contributed by atoms with Crippen molar-refractivity contribution in [2.24, 2.45) is 0 Å². The average molecular weight is 409 g/mol. The van der Waals surface area contributed by atoms with Gasteiger partial charge in [-0.1, -0.05) is 23.2 Å². The van der Waals surface area contributed by atoms with Crippen LogP contribution in [0.15, 0.2) is 30.3 Å². The molecule has 0 bridgehead atoms. The molecular formula is C16H13Cl2F3N2O3. The number of methoxy groups -OCH3 is 1. The third-order valence-corrected chi connectivity index (χ3v) is 3.64. The van der Waals surface area contributed by atoms with Crippen molar-refractivity contribution in [1.82, 2.24) is 4.98 Å². The monoisotopic (exact) mass is 408 g/mol. The highest BCUT2D eigenvalue weighted by atomic mass is 35.5. The fourth-order valence-corrected chi connectivity index (χ4v) is 2.26. The quantitative estimate of drug-likeness (QED) is 0.556. The number of hydrogen-bond acceptors (Lipinski definition) is 4. The molecule has 1 N–H and O–H groups in total. The van der Waals surface area contributed by atoms with Crippen LogP contribution in [0.1, 0.15) is 16.1 Å². The van der Waals surface area contributed by atoms with Gasteiger partial charge in [0.15, 0.2) is 0 Å². The van der Waals surface area contributed by atoms with Crippen molar-refractivity contribution in [2.45, 2.75) is 6.18 Å². The van der Waals surface area contributed by atoms with Crippen LogP contribution in [0.2, 0.25) is 10.2 Å². The van der Waals surface area contributed by atoms with Crippen LogP contribution in [0, 0.1) is 0 Å². The number of carbonyl (C=O) groups is 1. The average Bonchev–Trinajstić information content (AvgIpc) is 2.57. The molecule has 2 aromatic rings. The van der Waals surface area contributed by atoms with Crippen LogP contribution in [-0.4, -0.2) is 31.2 Å². The molecule has 1 amide bonds. The maximum absolute atomic E-state index is 13.0. The van der Waals surface area contributed by atoms with E-state index in [1.807, 2.05) is 0 Å². The lowest BCUT2D eigenvalue weighted by Crippen LogP contribution is -2.17. The zero-order valence-electron chi connectivity index (χ0n) is 13.4. The number of anilines is 1. The Morgan fingerprint density at radius 1 is 1.19 bits per heavy atom. The minimum atomic E-state index is -4.59. The van der Waals surface area contributed by atoms with Crippen molar-refractivity contribution in [3.8, 4) is 5.75 Å². The molecule has 0 unspecified atom stereocenters. The van der Waals surface area contributed by atoms with Gasteiger partial charge in [0.25, 0.3) is 5.91 Å². The fourth-order valence-electron chi connectivity index (χ4n) is 1.92. The topological polar surface area (TPSA) is 60.5 Å². The summed E-state index contributed by atoms with van der Waals surface area (Å²) in [6, 6.07) is 5.46. The summed E-state index contributed by atoms with van der Waals surface area (Å²) in [7, 11) is 1.45. The first-order valence-corrected chi connectivity index (χ1v) is 7.94. The van der Waals surface area contributed by atoms with Crippen molar-refractivity contribution in [1.29, 1.82) is 0 Å². The lowest BCUT2D eigenvalue weighted by molar-refractivity contribution is -0.137. The zero-order valence-corrected chi connectivity index (χ0v) is 14.9. The highest BCUT2D eigenvalue weighted by Gasteiger charge is 2.31. The Morgan fingerprint density at radius 2 is 1.92 bits per heavy atom. The normalized spacial score (nSPS) is 11.3. The van der Waals surface area contributed by atoms with E-state index >= 15 is 0 Å². The summed E-state index contributed by atoms with van der Waals surface area (Å²) in [5.41, 5.74) is -1.35. The molecule has 0 saturated heterocycles. The van der Waals surface area contributed by atoms with E-state index in [0.717, 1.165) is 18.2 Å². The summed E-state index contributed by atoms with van der Waals surface area (Å²) in [4.78, 5) is 16.1. The van der Waals surface area contributed by atoms with E-state index in [0.29, 0.717) is 0 Å². The maximum Gasteiger partial charge on any atom is 0.416 e. The van der Waals surface area contributed by atoms with Gasteiger partial charge in [-0.3, -0.25) is 4.79 Å². The van der Waals surface area contributed by atoms with Crippen molar-refractivity contribution in [2.75, 3.05) is 25.6 Å². The number of hydrogen-bond donors (Lipinski definition) is 1. The summed E-state index contributed by atoms with van der Waals surface area (Å²) in [5, 5.41) is 2.34. The summed E-state index contributed by atoms with van der Waals surface area (Å²) in [5.74, 6) is -0.782. The molecule has 10 heteroatoms. The van der Waals surface area contributed by atoms with E-state index < -0.39 is 17.6 Å². The SMILES string of the molecule is COCCOc1ccc(C(F)(F)F)cc1NC(=O)c1nc(Cl)ccc1Cl.